The number of hydrogen-bond acceptors (Lipinski definition) is 4. The molecule has 0 atom stereocenters. The summed E-state index contributed by atoms with van der Waals surface area (Å²) in [6.45, 7) is 9.66. The van der Waals surface area contributed by atoms with Crippen LogP contribution in [0.2, 0.25) is 0 Å². The molecule has 2 aliphatic heterocycles. The van der Waals surface area contributed by atoms with Crippen LogP contribution in [0.15, 0.2) is 12.2 Å². The lowest BCUT2D eigenvalue weighted by molar-refractivity contribution is 0.429. The molecule has 98 valence electrons. The van der Waals surface area contributed by atoms with Gasteiger partial charge in [-0.15, -0.1) is 0 Å². The van der Waals surface area contributed by atoms with E-state index in [-0.39, 0.29) is 0 Å². The minimum Gasteiger partial charge on any atom is -0.247 e. The Morgan fingerprint density at radius 1 is 1.00 bits per heavy atom. The van der Waals surface area contributed by atoms with Crippen molar-refractivity contribution >= 4 is 23.9 Å². The fourth-order valence-corrected chi connectivity index (χ4v) is 4.69. The van der Waals surface area contributed by atoms with E-state index in [4.69, 9.17) is 0 Å². The standard InChI is InChI=1S/C12H21FN2S2/c1-11(2)12(13,16-14-7-3-4-8-14)17-15-9-5-6-10-15/h1,3-10H2,2H3. The molecule has 2 aliphatic rings. The van der Waals surface area contributed by atoms with Gasteiger partial charge in [0.2, 0.25) is 4.33 Å². The first-order valence-corrected chi connectivity index (χ1v) is 7.88. The van der Waals surface area contributed by atoms with Gasteiger partial charge < -0.3 is 0 Å². The third kappa shape index (κ3) is 3.63. The molecule has 2 saturated heterocycles. The Morgan fingerprint density at radius 3 is 1.65 bits per heavy atom. The minimum atomic E-state index is -1.38. The normalized spacial score (nSPS) is 23.4. The van der Waals surface area contributed by atoms with Gasteiger partial charge in [-0.1, -0.05) is 6.58 Å². The zero-order chi connectivity index (χ0) is 12.3. The zero-order valence-electron chi connectivity index (χ0n) is 10.5. The van der Waals surface area contributed by atoms with Crippen molar-refractivity contribution in [3.8, 4) is 0 Å². The molecule has 0 amide bonds. The molecule has 0 saturated carbocycles. The van der Waals surface area contributed by atoms with Gasteiger partial charge in [0, 0.05) is 26.2 Å². The summed E-state index contributed by atoms with van der Waals surface area (Å²) >= 11 is 2.68. The van der Waals surface area contributed by atoms with Gasteiger partial charge in [-0.25, -0.2) is 13.0 Å². The molecule has 0 aromatic heterocycles. The van der Waals surface area contributed by atoms with E-state index in [0.29, 0.717) is 5.57 Å². The highest BCUT2D eigenvalue weighted by Crippen LogP contribution is 2.48. The Balaban J connectivity index is 1.94. The molecule has 2 fully saturated rings. The van der Waals surface area contributed by atoms with E-state index in [0.717, 1.165) is 26.2 Å². The monoisotopic (exact) mass is 276 g/mol. The first-order chi connectivity index (χ1) is 8.10. The van der Waals surface area contributed by atoms with Gasteiger partial charge >= 0.3 is 0 Å². The third-order valence-electron chi connectivity index (χ3n) is 3.13. The van der Waals surface area contributed by atoms with Crippen LogP contribution in [-0.2, 0) is 0 Å². The molecule has 2 nitrogen and oxygen atoms in total. The number of hydrogen-bond donors (Lipinski definition) is 0. The summed E-state index contributed by atoms with van der Waals surface area (Å²) < 4.78 is 17.9. The van der Waals surface area contributed by atoms with Gasteiger partial charge in [-0.2, -0.15) is 0 Å². The summed E-state index contributed by atoms with van der Waals surface area (Å²) in [4.78, 5) is 0. The molecule has 0 N–H and O–H groups in total. The van der Waals surface area contributed by atoms with Crippen molar-refractivity contribution < 1.29 is 4.39 Å². The smallest absolute Gasteiger partial charge is 0.247 e. The summed E-state index contributed by atoms with van der Waals surface area (Å²) in [6, 6.07) is 0. The second-order valence-corrected chi connectivity index (χ2v) is 7.55. The molecular weight excluding hydrogens is 255 g/mol. The van der Waals surface area contributed by atoms with Crippen LogP contribution in [-0.4, -0.2) is 39.1 Å². The number of rotatable bonds is 5. The molecule has 2 heterocycles. The van der Waals surface area contributed by atoms with E-state index >= 15 is 0 Å². The van der Waals surface area contributed by atoms with Crippen LogP contribution in [0.5, 0.6) is 0 Å². The molecular formula is C12H21FN2S2. The number of halogens is 1. The highest BCUT2D eigenvalue weighted by molar-refractivity contribution is 8.16. The summed E-state index contributed by atoms with van der Waals surface area (Å²) in [5.41, 5.74) is 0.617. The van der Waals surface area contributed by atoms with Crippen LogP contribution in [0.4, 0.5) is 4.39 Å². The maximum absolute atomic E-state index is 15.0. The first kappa shape index (κ1) is 13.7. The van der Waals surface area contributed by atoms with Crippen molar-refractivity contribution in [3.63, 3.8) is 0 Å². The lowest BCUT2D eigenvalue weighted by Crippen LogP contribution is -2.28. The van der Waals surface area contributed by atoms with E-state index in [1.54, 1.807) is 6.92 Å². The predicted molar refractivity (Wildman–Crippen MR) is 75.4 cm³/mol. The molecule has 0 bridgehead atoms. The number of alkyl halides is 1. The lowest BCUT2D eigenvalue weighted by Gasteiger charge is -2.31. The van der Waals surface area contributed by atoms with E-state index < -0.39 is 4.33 Å². The summed E-state index contributed by atoms with van der Waals surface area (Å²) in [6.07, 6.45) is 4.75. The van der Waals surface area contributed by atoms with Crippen molar-refractivity contribution in [1.29, 1.82) is 0 Å². The highest BCUT2D eigenvalue weighted by Gasteiger charge is 2.39. The molecule has 0 unspecified atom stereocenters. The molecule has 0 aliphatic carbocycles. The van der Waals surface area contributed by atoms with Gasteiger partial charge in [0.25, 0.3) is 0 Å². The quantitative estimate of drug-likeness (QED) is 0.429. The Morgan fingerprint density at radius 2 is 1.35 bits per heavy atom. The first-order valence-electron chi connectivity index (χ1n) is 6.33. The van der Waals surface area contributed by atoms with Gasteiger partial charge in [-0.3, -0.25) is 0 Å². The fraction of sp³-hybridized carbons (Fsp3) is 0.833. The van der Waals surface area contributed by atoms with Crippen molar-refractivity contribution in [1.82, 2.24) is 8.61 Å². The summed E-state index contributed by atoms with van der Waals surface area (Å²) in [5, 5.41) is 0. The van der Waals surface area contributed by atoms with E-state index in [9.17, 15) is 4.39 Å². The zero-order valence-corrected chi connectivity index (χ0v) is 12.1. The maximum atomic E-state index is 15.0. The average Bonchev–Trinajstić information content (AvgIpc) is 2.90. The molecule has 0 aromatic rings. The van der Waals surface area contributed by atoms with Crippen molar-refractivity contribution in [2.24, 2.45) is 0 Å². The van der Waals surface area contributed by atoms with Crippen molar-refractivity contribution in [3.05, 3.63) is 12.2 Å². The summed E-state index contributed by atoms with van der Waals surface area (Å²) in [5.74, 6) is 0. The van der Waals surface area contributed by atoms with Crippen LogP contribution in [0, 0.1) is 0 Å². The number of nitrogens with zero attached hydrogens (tertiary/aromatic N) is 2. The molecule has 0 aromatic carbocycles. The second kappa shape index (κ2) is 5.95. The Hall–Kier alpha value is 0.290. The van der Waals surface area contributed by atoms with Crippen LogP contribution in [0.1, 0.15) is 32.6 Å². The van der Waals surface area contributed by atoms with Gasteiger partial charge in [0.1, 0.15) is 0 Å². The minimum absolute atomic E-state index is 0.617. The largest absolute Gasteiger partial charge is 0.250 e. The van der Waals surface area contributed by atoms with Crippen LogP contribution < -0.4 is 0 Å². The molecule has 5 heteroatoms. The van der Waals surface area contributed by atoms with Gasteiger partial charge in [-0.05, 0) is 62.1 Å². The van der Waals surface area contributed by atoms with E-state index in [1.165, 1.54) is 49.6 Å². The lowest BCUT2D eigenvalue weighted by atomic mass is 10.4. The molecule has 0 spiro atoms. The van der Waals surface area contributed by atoms with Crippen LogP contribution in [0.25, 0.3) is 0 Å². The fourth-order valence-electron chi connectivity index (χ4n) is 2.06. The van der Waals surface area contributed by atoms with Crippen LogP contribution >= 0.6 is 23.9 Å². The van der Waals surface area contributed by atoms with E-state index in [2.05, 4.69) is 15.2 Å². The second-order valence-electron chi connectivity index (χ2n) is 4.77. The van der Waals surface area contributed by atoms with Gasteiger partial charge in [0.15, 0.2) is 0 Å². The third-order valence-corrected chi connectivity index (χ3v) is 5.99. The molecule has 0 radical (unpaired) electrons. The van der Waals surface area contributed by atoms with E-state index in [1.807, 2.05) is 0 Å². The molecule has 2 rings (SSSR count). The Labute approximate surface area is 112 Å². The van der Waals surface area contributed by atoms with Crippen molar-refractivity contribution in [2.45, 2.75) is 36.9 Å². The molecule has 17 heavy (non-hydrogen) atoms. The SMILES string of the molecule is C=C(C)C(F)(SN1CCCC1)SN1CCCC1. The highest BCUT2D eigenvalue weighted by atomic mass is 32.2. The van der Waals surface area contributed by atoms with Gasteiger partial charge in [0.05, 0.1) is 0 Å². The predicted octanol–water partition coefficient (Wildman–Crippen LogP) is 3.67. The average molecular weight is 276 g/mol. The summed E-state index contributed by atoms with van der Waals surface area (Å²) in [7, 11) is 0. The van der Waals surface area contributed by atoms with Crippen molar-refractivity contribution in [2.75, 3.05) is 26.2 Å². The topological polar surface area (TPSA) is 6.48 Å². The Bertz CT molecular complexity index is 256. The maximum Gasteiger partial charge on any atom is 0.250 e. The van der Waals surface area contributed by atoms with Crippen LogP contribution in [0.3, 0.4) is 0 Å². The Kier molecular flexibility index (Phi) is 4.80.